The number of fused-ring (bicyclic) bond motifs is 3. The van der Waals surface area contributed by atoms with E-state index in [2.05, 4.69) is 4.98 Å². The molecule has 2 nitrogen and oxygen atoms in total. The lowest BCUT2D eigenvalue weighted by atomic mass is 9.86. The van der Waals surface area contributed by atoms with Gasteiger partial charge in [0.2, 0.25) is 0 Å². The van der Waals surface area contributed by atoms with Crippen LogP contribution in [0.4, 0.5) is 4.39 Å². The molecule has 0 spiro atoms. The van der Waals surface area contributed by atoms with E-state index >= 15 is 0 Å². The summed E-state index contributed by atoms with van der Waals surface area (Å²) in [5.41, 5.74) is 9.09. The van der Waals surface area contributed by atoms with Gasteiger partial charge in [-0.05, 0) is 49.4 Å². The standard InChI is InChI=1S/C13H14ClFN2/c14-10-5-13-9(4-11(10)15)8-3-7(6-16)1-2-12(8)17-13/h4-5,7,17H,1-3,6,16H2/t7-/m1/s1. The fraction of sp³-hybridized carbons (Fsp3) is 0.385. The monoisotopic (exact) mass is 252 g/mol. The minimum Gasteiger partial charge on any atom is -0.358 e. The zero-order chi connectivity index (χ0) is 12.0. The summed E-state index contributed by atoms with van der Waals surface area (Å²) >= 11 is 5.79. The molecule has 2 aromatic rings. The second kappa shape index (κ2) is 4.00. The van der Waals surface area contributed by atoms with Gasteiger partial charge in [-0.1, -0.05) is 11.6 Å². The molecule has 1 aliphatic carbocycles. The molecular formula is C13H14ClFN2. The Bertz CT molecular complexity index is 576. The Labute approximate surface area is 104 Å². The average molecular weight is 253 g/mol. The van der Waals surface area contributed by atoms with E-state index in [0.717, 1.165) is 30.2 Å². The summed E-state index contributed by atoms with van der Waals surface area (Å²) in [7, 11) is 0. The molecule has 90 valence electrons. The highest BCUT2D eigenvalue weighted by Crippen LogP contribution is 2.33. The number of aromatic nitrogens is 1. The largest absolute Gasteiger partial charge is 0.358 e. The van der Waals surface area contributed by atoms with Crippen LogP contribution in [0, 0.1) is 11.7 Å². The maximum Gasteiger partial charge on any atom is 0.142 e. The van der Waals surface area contributed by atoms with Crippen molar-refractivity contribution in [2.45, 2.75) is 19.3 Å². The molecule has 0 saturated carbocycles. The third-order valence-corrected chi connectivity index (χ3v) is 3.95. The molecule has 0 unspecified atom stereocenters. The van der Waals surface area contributed by atoms with Crippen LogP contribution in [0.15, 0.2) is 12.1 Å². The van der Waals surface area contributed by atoms with Gasteiger partial charge in [0.05, 0.1) is 5.02 Å². The average Bonchev–Trinajstić information content (AvgIpc) is 2.67. The summed E-state index contributed by atoms with van der Waals surface area (Å²) in [4.78, 5) is 3.34. The van der Waals surface area contributed by atoms with Gasteiger partial charge in [-0.25, -0.2) is 4.39 Å². The number of halogens is 2. The summed E-state index contributed by atoms with van der Waals surface area (Å²) < 4.78 is 13.5. The minimum atomic E-state index is -0.351. The van der Waals surface area contributed by atoms with Crippen LogP contribution in [0.5, 0.6) is 0 Å². The first kappa shape index (κ1) is 11.1. The van der Waals surface area contributed by atoms with Gasteiger partial charge < -0.3 is 10.7 Å². The smallest absolute Gasteiger partial charge is 0.142 e. The second-order valence-electron chi connectivity index (χ2n) is 4.74. The summed E-state index contributed by atoms with van der Waals surface area (Å²) in [5.74, 6) is 0.163. The van der Waals surface area contributed by atoms with Crippen molar-refractivity contribution in [2.24, 2.45) is 11.7 Å². The molecule has 1 aromatic heterocycles. The van der Waals surface area contributed by atoms with Gasteiger partial charge in [0.15, 0.2) is 0 Å². The normalized spacial score (nSPS) is 19.6. The molecular weight excluding hydrogens is 239 g/mol. The van der Waals surface area contributed by atoms with Crippen molar-refractivity contribution in [1.29, 1.82) is 0 Å². The van der Waals surface area contributed by atoms with Crippen molar-refractivity contribution in [3.63, 3.8) is 0 Å². The van der Waals surface area contributed by atoms with Gasteiger partial charge in [0.25, 0.3) is 0 Å². The predicted molar refractivity (Wildman–Crippen MR) is 67.8 cm³/mol. The number of aryl methyl sites for hydroxylation is 1. The highest BCUT2D eigenvalue weighted by atomic mass is 35.5. The topological polar surface area (TPSA) is 41.8 Å². The molecule has 0 saturated heterocycles. The van der Waals surface area contributed by atoms with Crippen LogP contribution in [-0.4, -0.2) is 11.5 Å². The van der Waals surface area contributed by atoms with E-state index in [1.807, 2.05) is 0 Å². The van der Waals surface area contributed by atoms with Gasteiger partial charge in [-0.15, -0.1) is 0 Å². The Morgan fingerprint density at radius 2 is 2.29 bits per heavy atom. The molecule has 1 aliphatic rings. The fourth-order valence-electron chi connectivity index (χ4n) is 2.69. The van der Waals surface area contributed by atoms with Crippen molar-refractivity contribution in [3.05, 3.63) is 34.2 Å². The molecule has 3 rings (SSSR count). The predicted octanol–water partition coefficient (Wildman–Crippen LogP) is 3.02. The Morgan fingerprint density at radius 1 is 1.47 bits per heavy atom. The molecule has 0 radical (unpaired) electrons. The summed E-state index contributed by atoms with van der Waals surface area (Å²) in [6.07, 6.45) is 3.03. The quantitative estimate of drug-likeness (QED) is 0.805. The van der Waals surface area contributed by atoms with Crippen LogP contribution in [0.3, 0.4) is 0 Å². The number of hydrogen-bond donors (Lipinski definition) is 2. The summed E-state index contributed by atoms with van der Waals surface area (Å²) in [6, 6.07) is 3.20. The first-order valence-corrected chi connectivity index (χ1v) is 6.25. The molecule has 17 heavy (non-hydrogen) atoms. The van der Waals surface area contributed by atoms with Crippen LogP contribution in [0.1, 0.15) is 17.7 Å². The Hall–Kier alpha value is -1.06. The highest BCUT2D eigenvalue weighted by Gasteiger charge is 2.22. The SMILES string of the molecule is NC[C@@H]1CCc2[nH]c3cc(Cl)c(F)cc3c2C1. The molecule has 1 heterocycles. The maximum atomic E-state index is 13.5. The number of hydrogen-bond acceptors (Lipinski definition) is 1. The molecule has 0 bridgehead atoms. The van der Waals surface area contributed by atoms with Gasteiger partial charge in [0, 0.05) is 16.6 Å². The number of rotatable bonds is 1. The second-order valence-corrected chi connectivity index (χ2v) is 5.15. The fourth-order valence-corrected chi connectivity index (χ4v) is 2.85. The van der Waals surface area contributed by atoms with E-state index in [0.29, 0.717) is 12.5 Å². The molecule has 4 heteroatoms. The lowest BCUT2D eigenvalue weighted by molar-refractivity contribution is 0.468. The molecule has 0 fully saturated rings. The minimum absolute atomic E-state index is 0.173. The van der Waals surface area contributed by atoms with Crippen molar-refractivity contribution in [1.82, 2.24) is 4.98 Å². The highest BCUT2D eigenvalue weighted by molar-refractivity contribution is 6.31. The Morgan fingerprint density at radius 3 is 3.06 bits per heavy atom. The van der Waals surface area contributed by atoms with E-state index in [4.69, 9.17) is 17.3 Å². The molecule has 0 amide bonds. The van der Waals surface area contributed by atoms with Gasteiger partial charge >= 0.3 is 0 Å². The van der Waals surface area contributed by atoms with Crippen LogP contribution < -0.4 is 5.73 Å². The first-order chi connectivity index (χ1) is 8.19. The number of H-pyrrole nitrogens is 1. The number of aromatic amines is 1. The zero-order valence-corrected chi connectivity index (χ0v) is 10.1. The lowest BCUT2D eigenvalue weighted by Crippen LogP contribution is -2.21. The molecule has 1 atom stereocenters. The van der Waals surface area contributed by atoms with Crippen molar-refractivity contribution in [2.75, 3.05) is 6.54 Å². The van der Waals surface area contributed by atoms with Gasteiger partial charge in [-0.2, -0.15) is 0 Å². The summed E-state index contributed by atoms with van der Waals surface area (Å²) in [5, 5.41) is 1.13. The van der Waals surface area contributed by atoms with Crippen molar-refractivity contribution < 1.29 is 4.39 Å². The Balaban J connectivity index is 2.17. The van der Waals surface area contributed by atoms with E-state index in [9.17, 15) is 4.39 Å². The number of nitrogens with one attached hydrogen (secondary N) is 1. The molecule has 0 aliphatic heterocycles. The van der Waals surface area contributed by atoms with Crippen LogP contribution >= 0.6 is 11.6 Å². The van der Waals surface area contributed by atoms with E-state index in [1.54, 1.807) is 6.07 Å². The van der Waals surface area contributed by atoms with E-state index in [1.165, 1.54) is 17.3 Å². The van der Waals surface area contributed by atoms with Crippen LogP contribution in [0.25, 0.3) is 10.9 Å². The van der Waals surface area contributed by atoms with Crippen LogP contribution in [-0.2, 0) is 12.8 Å². The Kier molecular flexibility index (Phi) is 2.60. The first-order valence-electron chi connectivity index (χ1n) is 5.87. The van der Waals surface area contributed by atoms with Crippen molar-refractivity contribution >= 4 is 22.5 Å². The molecule has 1 aromatic carbocycles. The molecule has 3 N–H and O–H groups in total. The lowest BCUT2D eigenvalue weighted by Gasteiger charge is -2.20. The maximum absolute atomic E-state index is 13.5. The van der Waals surface area contributed by atoms with E-state index < -0.39 is 0 Å². The summed E-state index contributed by atoms with van der Waals surface area (Å²) in [6.45, 7) is 0.697. The van der Waals surface area contributed by atoms with Crippen LogP contribution in [0.2, 0.25) is 5.02 Å². The number of nitrogens with two attached hydrogens (primary N) is 1. The van der Waals surface area contributed by atoms with Gasteiger partial charge in [0.1, 0.15) is 5.82 Å². The van der Waals surface area contributed by atoms with Gasteiger partial charge in [-0.3, -0.25) is 0 Å². The van der Waals surface area contributed by atoms with Crippen molar-refractivity contribution in [3.8, 4) is 0 Å². The zero-order valence-electron chi connectivity index (χ0n) is 9.39. The third kappa shape index (κ3) is 1.74. The number of benzene rings is 1. The third-order valence-electron chi connectivity index (χ3n) is 3.66. The van der Waals surface area contributed by atoms with E-state index in [-0.39, 0.29) is 10.8 Å².